The van der Waals surface area contributed by atoms with Crippen LogP contribution in [0.2, 0.25) is 10.0 Å². The van der Waals surface area contributed by atoms with Gasteiger partial charge in [-0.15, -0.1) is 0 Å². The predicted octanol–water partition coefficient (Wildman–Crippen LogP) is 4.79. The number of rotatable bonds is 3. The van der Waals surface area contributed by atoms with E-state index in [2.05, 4.69) is 12.1 Å². The van der Waals surface area contributed by atoms with Crippen LogP contribution in [-0.4, -0.2) is 20.6 Å². The second-order valence-electron chi connectivity index (χ2n) is 5.91. The Balaban J connectivity index is 2.14. The maximum Gasteiger partial charge on any atom is 0.337 e. The molecule has 0 radical (unpaired) electrons. The third-order valence-electron chi connectivity index (χ3n) is 4.17. The summed E-state index contributed by atoms with van der Waals surface area (Å²) in [5.41, 5.74) is 4.85. The van der Waals surface area contributed by atoms with Crippen molar-refractivity contribution in [2.45, 2.75) is 20.3 Å². The first-order chi connectivity index (χ1) is 11.3. The zero-order chi connectivity index (χ0) is 17.6. The summed E-state index contributed by atoms with van der Waals surface area (Å²) in [5.74, 6) is -0.292. The minimum absolute atomic E-state index is 0.0434. The van der Waals surface area contributed by atoms with Crippen LogP contribution < -0.4 is 0 Å². The largest absolute Gasteiger partial charge is 0.478 e. The molecule has 0 fully saturated rings. The van der Waals surface area contributed by atoms with E-state index in [0.717, 1.165) is 22.4 Å². The summed E-state index contributed by atoms with van der Waals surface area (Å²) >= 11 is 12.5. The molecule has 3 rings (SSSR count). The second-order valence-corrected chi connectivity index (χ2v) is 6.69. The topological polar surface area (TPSA) is 55.1 Å². The van der Waals surface area contributed by atoms with Gasteiger partial charge in [-0.2, -0.15) is 0 Å². The summed E-state index contributed by atoms with van der Waals surface area (Å²) in [5, 5.41) is 9.83. The second kappa shape index (κ2) is 6.11. The zero-order valence-electron chi connectivity index (χ0n) is 13.5. The van der Waals surface area contributed by atoms with Gasteiger partial charge in [-0.25, -0.2) is 9.78 Å². The van der Waals surface area contributed by atoms with Gasteiger partial charge in [-0.1, -0.05) is 29.3 Å². The number of aromatic carboxylic acids is 1. The first-order valence-electron chi connectivity index (χ1n) is 7.42. The van der Waals surface area contributed by atoms with Crippen LogP contribution >= 0.6 is 23.2 Å². The van der Waals surface area contributed by atoms with Crippen LogP contribution in [0.15, 0.2) is 24.3 Å². The molecular weight excluding hydrogens is 347 g/mol. The maximum atomic E-state index is 11.3. The Labute approximate surface area is 149 Å². The SMILES string of the molecule is Cc1cc(C)c2nc(Cc3c(Cl)ccc(C(=O)O)c3Cl)n(C)c2c1. The smallest absolute Gasteiger partial charge is 0.337 e. The molecule has 0 unspecified atom stereocenters. The lowest BCUT2D eigenvalue weighted by atomic mass is 10.1. The van der Waals surface area contributed by atoms with Crippen molar-refractivity contribution in [3.05, 3.63) is 62.4 Å². The molecule has 0 saturated carbocycles. The zero-order valence-corrected chi connectivity index (χ0v) is 15.0. The number of halogens is 2. The molecule has 2 aromatic carbocycles. The minimum atomic E-state index is -1.07. The van der Waals surface area contributed by atoms with Crippen molar-refractivity contribution in [2.24, 2.45) is 7.05 Å². The van der Waals surface area contributed by atoms with Crippen LogP contribution in [0.5, 0.6) is 0 Å². The highest BCUT2D eigenvalue weighted by Gasteiger charge is 2.18. The minimum Gasteiger partial charge on any atom is -0.478 e. The molecule has 0 atom stereocenters. The Hall–Kier alpha value is -2.04. The molecule has 3 aromatic rings. The Morgan fingerprint density at radius 2 is 1.96 bits per heavy atom. The standard InChI is InChI=1S/C18H16Cl2N2O2/c1-9-6-10(2)17-14(7-9)22(3)15(21-17)8-12-13(19)5-4-11(16(12)20)18(23)24/h4-7H,8H2,1-3H3,(H,23,24). The molecule has 0 aliphatic carbocycles. The van der Waals surface area contributed by atoms with Crippen LogP contribution in [0.25, 0.3) is 11.0 Å². The molecule has 0 amide bonds. The van der Waals surface area contributed by atoms with Gasteiger partial charge in [0, 0.05) is 18.5 Å². The summed E-state index contributed by atoms with van der Waals surface area (Å²) in [4.78, 5) is 16.0. The summed E-state index contributed by atoms with van der Waals surface area (Å²) in [6, 6.07) is 7.14. The van der Waals surface area contributed by atoms with E-state index in [9.17, 15) is 9.90 Å². The van der Waals surface area contributed by atoms with E-state index in [-0.39, 0.29) is 10.6 Å². The summed E-state index contributed by atoms with van der Waals surface area (Å²) in [6.07, 6.45) is 0.364. The highest BCUT2D eigenvalue weighted by atomic mass is 35.5. The molecule has 0 spiro atoms. The van der Waals surface area contributed by atoms with Gasteiger partial charge in [0.05, 0.1) is 21.6 Å². The summed E-state index contributed by atoms with van der Waals surface area (Å²) < 4.78 is 2.00. The van der Waals surface area contributed by atoms with Crippen molar-refractivity contribution in [1.82, 2.24) is 9.55 Å². The van der Waals surface area contributed by atoms with Gasteiger partial charge >= 0.3 is 5.97 Å². The number of carbonyl (C=O) groups is 1. The molecule has 0 aliphatic rings. The van der Waals surface area contributed by atoms with Gasteiger partial charge in [0.15, 0.2) is 0 Å². The number of fused-ring (bicyclic) bond motifs is 1. The molecule has 1 N–H and O–H groups in total. The number of hydrogen-bond donors (Lipinski definition) is 1. The molecule has 0 saturated heterocycles. The average molecular weight is 363 g/mol. The Morgan fingerprint density at radius 1 is 1.25 bits per heavy atom. The van der Waals surface area contributed by atoms with Gasteiger partial charge in [-0.05, 0) is 48.7 Å². The van der Waals surface area contributed by atoms with Crippen molar-refractivity contribution < 1.29 is 9.90 Å². The normalized spacial score (nSPS) is 11.2. The number of carboxylic acid groups (broad SMARTS) is 1. The Kier molecular flexibility index (Phi) is 4.28. The van der Waals surface area contributed by atoms with Gasteiger partial charge in [0.2, 0.25) is 0 Å². The lowest BCUT2D eigenvalue weighted by molar-refractivity contribution is 0.0697. The van der Waals surface area contributed by atoms with Gasteiger partial charge < -0.3 is 9.67 Å². The maximum absolute atomic E-state index is 11.3. The third-order valence-corrected chi connectivity index (χ3v) is 4.95. The van der Waals surface area contributed by atoms with E-state index >= 15 is 0 Å². The van der Waals surface area contributed by atoms with Crippen molar-refractivity contribution in [3.8, 4) is 0 Å². The average Bonchev–Trinajstić information content (AvgIpc) is 2.80. The Morgan fingerprint density at radius 3 is 2.62 bits per heavy atom. The monoisotopic (exact) mass is 362 g/mol. The van der Waals surface area contributed by atoms with E-state index < -0.39 is 5.97 Å². The molecule has 1 heterocycles. The highest BCUT2D eigenvalue weighted by Crippen LogP contribution is 2.31. The number of benzene rings is 2. The van der Waals surface area contributed by atoms with E-state index in [1.54, 1.807) is 6.07 Å². The highest BCUT2D eigenvalue weighted by molar-refractivity contribution is 6.37. The fourth-order valence-corrected chi connectivity index (χ4v) is 3.51. The third kappa shape index (κ3) is 2.76. The molecular formula is C18H16Cl2N2O2. The predicted molar refractivity (Wildman–Crippen MR) is 96.4 cm³/mol. The van der Waals surface area contributed by atoms with Crippen molar-refractivity contribution in [2.75, 3.05) is 0 Å². The van der Waals surface area contributed by atoms with Crippen molar-refractivity contribution >= 4 is 40.2 Å². The number of nitrogens with zero attached hydrogens (tertiary/aromatic N) is 2. The van der Waals surface area contributed by atoms with Crippen LogP contribution in [0, 0.1) is 13.8 Å². The Bertz CT molecular complexity index is 977. The van der Waals surface area contributed by atoms with Gasteiger partial charge in [0.1, 0.15) is 5.82 Å². The first-order valence-corrected chi connectivity index (χ1v) is 8.18. The number of imidazole rings is 1. The molecule has 1 aromatic heterocycles. The number of aromatic nitrogens is 2. The number of carboxylic acids is 1. The van der Waals surface area contributed by atoms with Crippen molar-refractivity contribution in [1.29, 1.82) is 0 Å². The molecule has 124 valence electrons. The van der Waals surface area contributed by atoms with Crippen molar-refractivity contribution in [3.63, 3.8) is 0 Å². The van der Waals surface area contributed by atoms with Gasteiger partial charge in [-0.3, -0.25) is 0 Å². The summed E-state index contributed by atoms with van der Waals surface area (Å²) in [6.45, 7) is 4.07. The van der Waals surface area contributed by atoms with Crippen LogP contribution in [0.3, 0.4) is 0 Å². The van der Waals surface area contributed by atoms with Crippen LogP contribution in [0.4, 0.5) is 0 Å². The molecule has 4 nitrogen and oxygen atoms in total. The molecule has 24 heavy (non-hydrogen) atoms. The van der Waals surface area contributed by atoms with E-state index in [1.165, 1.54) is 11.6 Å². The lowest BCUT2D eigenvalue weighted by Crippen LogP contribution is -2.04. The van der Waals surface area contributed by atoms with Crippen LogP contribution in [0.1, 0.15) is 32.9 Å². The lowest BCUT2D eigenvalue weighted by Gasteiger charge is -2.09. The first kappa shape index (κ1) is 16.8. The van der Waals surface area contributed by atoms with Gasteiger partial charge in [0.25, 0.3) is 0 Å². The van der Waals surface area contributed by atoms with Crippen LogP contribution in [-0.2, 0) is 13.5 Å². The van der Waals surface area contributed by atoms with E-state index in [0.29, 0.717) is 17.0 Å². The van der Waals surface area contributed by atoms with E-state index in [4.69, 9.17) is 28.2 Å². The molecule has 0 aliphatic heterocycles. The fourth-order valence-electron chi connectivity index (χ4n) is 2.92. The molecule has 6 heteroatoms. The number of aryl methyl sites for hydroxylation is 3. The number of hydrogen-bond acceptors (Lipinski definition) is 2. The molecule has 0 bridgehead atoms. The fraction of sp³-hybridized carbons (Fsp3) is 0.222. The quantitative estimate of drug-likeness (QED) is 0.728. The summed E-state index contributed by atoms with van der Waals surface area (Å²) in [7, 11) is 1.94. The van der Waals surface area contributed by atoms with E-state index in [1.807, 2.05) is 25.5 Å².